The molecule has 0 saturated carbocycles. The number of carbonyl (C=O) groups excluding carboxylic acids is 2. The summed E-state index contributed by atoms with van der Waals surface area (Å²) in [5, 5.41) is 6.19. The van der Waals surface area contributed by atoms with Crippen molar-refractivity contribution in [3.63, 3.8) is 0 Å². The first-order chi connectivity index (χ1) is 10.1. The zero-order chi connectivity index (χ0) is 15.2. The molecule has 21 heavy (non-hydrogen) atoms. The molecule has 7 nitrogen and oxygen atoms in total. The lowest BCUT2D eigenvalue weighted by Gasteiger charge is -2.27. The maximum atomic E-state index is 12.0. The van der Waals surface area contributed by atoms with Crippen LogP contribution < -0.4 is 16.4 Å². The predicted molar refractivity (Wildman–Crippen MR) is 80.2 cm³/mol. The molecule has 0 atom stereocenters. The highest BCUT2D eigenvalue weighted by molar-refractivity contribution is 5.98. The number of piperazine rings is 1. The summed E-state index contributed by atoms with van der Waals surface area (Å²) in [6.07, 6.45) is 2.48. The van der Waals surface area contributed by atoms with Gasteiger partial charge in [0.05, 0.1) is 5.56 Å². The molecular weight excluding hydrogens is 270 g/mol. The minimum atomic E-state index is -0.525. The largest absolute Gasteiger partial charge is 0.366 e. The quantitative estimate of drug-likeness (QED) is 0.596. The molecule has 1 aliphatic heterocycles. The van der Waals surface area contributed by atoms with Crippen molar-refractivity contribution in [1.29, 1.82) is 0 Å². The minimum Gasteiger partial charge on any atom is -0.366 e. The molecule has 2 rings (SSSR count). The number of amides is 2. The molecule has 0 aromatic carbocycles. The van der Waals surface area contributed by atoms with E-state index in [0.29, 0.717) is 17.8 Å². The number of hydrogen-bond donors (Lipinski definition) is 3. The summed E-state index contributed by atoms with van der Waals surface area (Å²) in [7, 11) is 1.72. The number of rotatable bonds is 6. The number of carbonyl (C=O) groups is 2. The molecule has 0 aliphatic carbocycles. The van der Waals surface area contributed by atoms with E-state index < -0.39 is 5.91 Å². The van der Waals surface area contributed by atoms with Crippen LogP contribution in [0.25, 0.3) is 0 Å². The van der Waals surface area contributed by atoms with Gasteiger partial charge in [-0.1, -0.05) is 0 Å². The summed E-state index contributed by atoms with van der Waals surface area (Å²) >= 11 is 0. The Hall–Kier alpha value is -1.86. The van der Waals surface area contributed by atoms with Crippen LogP contribution in [-0.2, 0) is 7.05 Å². The number of primary amides is 1. The van der Waals surface area contributed by atoms with Crippen LogP contribution in [0.1, 0.15) is 27.3 Å². The first-order valence-electron chi connectivity index (χ1n) is 7.25. The van der Waals surface area contributed by atoms with E-state index in [0.717, 1.165) is 39.1 Å². The molecule has 2 heterocycles. The molecular formula is C14H23N5O2. The average Bonchev–Trinajstić information content (AvgIpc) is 2.87. The van der Waals surface area contributed by atoms with E-state index in [9.17, 15) is 9.59 Å². The third-order valence-corrected chi connectivity index (χ3v) is 3.67. The fourth-order valence-corrected chi connectivity index (χ4v) is 2.45. The highest BCUT2D eigenvalue weighted by Gasteiger charge is 2.14. The Morgan fingerprint density at radius 2 is 2.10 bits per heavy atom. The minimum absolute atomic E-state index is 0.176. The fourth-order valence-electron chi connectivity index (χ4n) is 2.45. The van der Waals surface area contributed by atoms with Crippen molar-refractivity contribution in [3.8, 4) is 0 Å². The number of aryl methyl sites for hydroxylation is 1. The van der Waals surface area contributed by atoms with E-state index in [1.54, 1.807) is 17.8 Å². The van der Waals surface area contributed by atoms with Crippen LogP contribution in [0.5, 0.6) is 0 Å². The van der Waals surface area contributed by atoms with Gasteiger partial charge in [0.15, 0.2) is 0 Å². The summed E-state index contributed by atoms with van der Waals surface area (Å²) in [6, 6.07) is 1.52. The molecule has 1 aliphatic rings. The molecule has 0 spiro atoms. The van der Waals surface area contributed by atoms with Crippen LogP contribution in [0.4, 0.5) is 0 Å². The van der Waals surface area contributed by atoms with Crippen LogP contribution in [0, 0.1) is 0 Å². The van der Waals surface area contributed by atoms with Crippen LogP contribution in [0.15, 0.2) is 12.3 Å². The molecule has 116 valence electrons. The maximum absolute atomic E-state index is 12.0. The first kappa shape index (κ1) is 15.5. The van der Waals surface area contributed by atoms with Gasteiger partial charge in [-0.05, 0) is 19.0 Å². The van der Waals surface area contributed by atoms with Gasteiger partial charge >= 0.3 is 0 Å². The van der Waals surface area contributed by atoms with E-state index in [1.807, 2.05) is 0 Å². The average molecular weight is 293 g/mol. The van der Waals surface area contributed by atoms with Crippen LogP contribution in [0.3, 0.4) is 0 Å². The van der Waals surface area contributed by atoms with Gasteiger partial charge in [0, 0.05) is 46.0 Å². The lowest BCUT2D eigenvalue weighted by atomic mass is 10.3. The molecule has 0 unspecified atom stereocenters. The van der Waals surface area contributed by atoms with Crippen molar-refractivity contribution in [1.82, 2.24) is 20.1 Å². The van der Waals surface area contributed by atoms with Crippen molar-refractivity contribution >= 4 is 11.8 Å². The third-order valence-electron chi connectivity index (χ3n) is 3.67. The van der Waals surface area contributed by atoms with Crippen molar-refractivity contribution in [2.75, 3.05) is 39.3 Å². The van der Waals surface area contributed by atoms with Gasteiger partial charge in [0.25, 0.3) is 5.91 Å². The Morgan fingerprint density at radius 3 is 2.71 bits per heavy atom. The smallest absolute Gasteiger partial charge is 0.267 e. The Bertz CT molecular complexity index is 505. The summed E-state index contributed by atoms with van der Waals surface area (Å²) in [6.45, 7) is 5.81. The lowest BCUT2D eigenvalue weighted by Crippen LogP contribution is -2.44. The fraction of sp³-hybridized carbons (Fsp3) is 0.571. The SMILES string of the molecule is Cn1cc(C(N)=O)cc1C(=O)NCCCN1CCNCC1. The van der Waals surface area contributed by atoms with E-state index in [1.165, 1.54) is 6.07 Å². The van der Waals surface area contributed by atoms with Gasteiger partial charge in [-0.15, -0.1) is 0 Å². The highest BCUT2D eigenvalue weighted by atomic mass is 16.2. The van der Waals surface area contributed by atoms with E-state index in [4.69, 9.17) is 5.73 Å². The predicted octanol–water partition coefficient (Wildman–Crippen LogP) is -0.851. The summed E-state index contributed by atoms with van der Waals surface area (Å²) in [5.41, 5.74) is 6.01. The van der Waals surface area contributed by atoms with Crippen molar-refractivity contribution < 1.29 is 9.59 Å². The number of nitrogens with zero attached hydrogens (tertiary/aromatic N) is 2. The monoisotopic (exact) mass is 293 g/mol. The second-order valence-corrected chi connectivity index (χ2v) is 5.29. The lowest BCUT2D eigenvalue weighted by molar-refractivity contribution is 0.0942. The summed E-state index contributed by atoms with van der Waals surface area (Å²) in [4.78, 5) is 25.5. The van der Waals surface area contributed by atoms with Gasteiger partial charge < -0.3 is 25.8 Å². The highest BCUT2D eigenvalue weighted by Crippen LogP contribution is 2.06. The second-order valence-electron chi connectivity index (χ2n) is 5.29. The van der Waals surface area contributed by atoms with Gasteiger partial charge in [0.1, 0.15) is 5.69 Å². The van der Waals surface area contributed by atoms with Crippen molar-refractivity contribution in [3.05, 3.63) is 23.5 Å². The zero-order valence-corrected chi connectivity index (χ0v) is 12.4. The van der Waals surface area contributed by atoms with Crippen LogP contribution in [0.2, 0.25) is 0 Å². The van der Waals surface area contributed by atoms with Crippen LogP contribution >= 0.6 is 0 Å². The standard InChI is InChI=1S/C14H23N5O2/c1-18-10-11(13(15)20)9-12(18)14(21)17-3-2-6-19-7-4-16-5-8-19/h9-10,16H,2-8H2,1H3,(H2,15,20)(H,17,21). The molecule has 1 aromatic rings. The zero-order valence-electron chi connectivity index (χ0n) is 12.4. The van der Waals surface area contributed by atoms with E-state index in [-0.39, 0.29) is 5.91 Å². The van der Waals surface area contributed by atoms with Crippen LogP contribution in [-0.4, -0.2) is 60.5 Å². The Balaban J connectivity index is 1.75. The Morgan fingerprint density at radius 1 is 1.38 bits per heavy atom. The summed E-state index contributed by atoms with van der Waals surface area (Å²) < 4.78 is 1.62. The molecule has 0 bridgehead atoms. The van der Waals surface area contributed by atoms with Gasteiger partial charge in [-0.25, -0.2) is 0 Å². The molecule has 1 fully saturated rings. The molecule has 4 N–H and O–H groups in total. The first-order valence-corrected chi connectivity index (χ1v) is 7.25. The van der Waals surface area contributed by atoms with Gasteiger partial charge in [-0.2, -0.15) is 0 Å². The van der Waals surface area contributed by atoms with Gasteiger partial charge in [0.2, 0.25) is 5.91 Å². The van der Waals surface area contributed by atoms with Crippen molar-refractivity contribution in [2.45, 2.75) is 6.42 Å². The van der Waals surface area contributed by atoms with Crippen molar-refractivity contribution in [2.24, 2.45) is 12.8 Å². The molecule has 7 heteroatoms. The maximum Gasteiger partial charge on any atom is 0.267 e. The van der Waals surface area contributed by atoms with Gasteiger partial charge in [-0.3, -0.25) is 9.59 Å². The third kappa shape index (κ3) is 4.30. The van der Waals surface area contributed by atoms with E-state index in [2.05, 4.69) is 15.5 Å². The second kappa shape index (κ2) is 7.24. The Labute approximate surface area is 124 Å². The number of nitrogens with two attached hydrogens (primary N) is 1. The number of hydrogen-bond acceptors (Lipinski definition) is 4. The normalized spacial score (nSPS) is 15.9. The van der Waals surface area contributed by atoms with E-state index >= 15 is 0 Å². The molecule has 1 aromatic heterocycles. The molecule has 2 amide bonds. The Kier molecular flexibility index (Phi) is 5.35. The molecule has 0 radical (unpaired) electrons. The topological polar surface area (TPSA) is 92.4 Å². The number of nitrogens with one attached hydrogen (secondary N) is 2. The molecule has 1 saturated heterocycles. The number of aromatic nitrogens is 1. The summed E-state index contributed by atoms with van der Waals surface area (Å²) in [5.74, 6) is -0.700.